The molecule has 94 valence electrons. The van der Waals surface area contributed by atoms with Crippen LogP contribution < -0.4 is 5.56 Å². The number of rotatable bonds is 2. The third-order valence-corrected chi connectivity index (χ3v) is 3.14. The van der Waals surface area contributed by atoms with E-state index in [0.29, 0.717) is 6.54 Å². The van der Waals surface area contributed by atoms with Crippen molar-refractivity contribution >= 4 is 0 Å². The second-order valence-electron chi connectivity index (χ2n) is 4.45. The zero-order valence-electron chi connectivity index (χ0n) is 10.2. The molecule has 0 radical (unpaired) electrons. The van der Waals surface area contributed by atoms with Crippen LogP contribution in [0.25, 0.3) is 11.3 Å². The van der Waals surface area contributed by atoms with E-state index in [2.05, 4.69) is 0 Å². The van der Waals surface area contributed by atoms with Gasteiger partial charge in [0.1, 0.15) is 5.82 Å². The molecule has 3 heteroatoms. The molecule has 0 N–H and O–H groups in total. The maximum absolute atomic E-state index is 12.9. The van der Waals surface area contributed by atoms with Crippen molar-refractivity contribution in [2.75, 3.05) is 0 Å². The van der Waals surface area contributed by atoms with Crippen molar-refractivity contribution in [3.05, 3.63) is 82.4 Å². The van der Waals surface area contributed by atoms with Gasteiger partial charge >= 0.3 is 0 Å². The fourth-order valence-corrected chi connectivity index (χ4v) is 2.18. The monoisotopic (exact) mass is 253 g/mol. The van der Waals surface area contributed by atoms with Crippen molar-refractivity contribution in [2.24, 2.45) is 0 Å². The van der Waals surface area contributed by atoms with Crippen molar-refractivity contribution in [3.8, 4) is 11.3 Å². The highest BCUT2D eigenvalue weighted by Crippen LogP contribution is 2.19. The fourth-order valence-electron chi connectivity index (χ4n) is 2.18. The summed E-state index contributed by atoms with van der Waals surface area (Å²) in [6.45, 7) is 0.451. The first-order valence-electron chi connectivity index (χ1n) is 6.07. The highest BCUT2D eigenvalue weighted by Gasteiger charge is 2.10. The highest BCUT2D eigenvalue weighted by molar-refractivity contribution is 5.61. The van der Waals surface area contributed by atoms with E-state index in [1.807, 2.05) is 30.3 Å². The molecule has 1 aromatic carbocycles. The molecule has 2 aliphatic rings. The van der Waals surface area contributed by atoms with Gasteiger partial charge in [0, 0.05) is 11.6 Å². The molecule has 0 saturated heterocycles. The van der Waals surface area contributed by atoms with Crippen LogP contribution in [-0.4, -0.2) is 4.57 Å². The Kier molecular flexibility index (Phi) is 2.88. The molecule has 0 atom stereocenters. The Labute approximate surface area is 110 Å². The van der Waals surface area contributed by atoms with Crippen molar-refractivity contribution in [1.29, 1.82) is 0 Å². The average molecular weight is 253 g/mol. The molecule has 19 heavy (non-hydrogen) atoms. The molecule has 1 aromatic rings. The SMILES string of the molecule is O=c1cc2cccccc-2n1Cc1ccc(F)cc1. The fraction of sp³-hybridized carbons (Fsp3) is 0.0625. The summed E-state index contributed by atoms with van der Waals surface area (Å²) in [4.78, 5) is 12.0. The summed E-state index contributed by atoms with van der Waals surface area (Å²) in [5.74, 6) is -0.269. The third-order valence-electron chi connectivity index (χ3n) is 3.14. The minimum atomic E-state index is -0.269. The standard InChI is InChI=1S/C16H12FNO/c17-14-8-6-12(7-9-14)11-18-15-5-3-1-2-4-13(15)10-16(18)19/h1-10H,11H2. The molecule has 0 amide bonds. The van der Waals surface area contributed by atoms with E-state index in [0.717, 1.165) is 16.8 Å². The molecule has 0 bridgehead atoms. The van der Waals surface area contributed by atoms with Gasteiger partial charge in [0.25, 0.3) is 5.56 Å². The summed E-state index contributed by atoms with van der Waals surface area (Å²) in [5.41, 5.74) is 2.67. The van der Waals surface area contributed by atoms with Crippen LogP contribution in [0.5, 0.6) is 0 Å². The van der Waals surface area contributed by atoms with Crippen LogP contribution in [0.2, 0.25) is 0 Å². The first-order chi connectivity index (χ1) is 9.24. The second kappa shape index (κ2) is 4.69. The average Bonchev–Trinajstić information content (AvgIpc) is 2.58. The number of fused-ring (bicyclic) bond motifs is 1. The molecule has 0 fully saturated rings. The van der Waals surface area contributed by atoms with Gasteiger partial charge in [0.2, 0.25) is 0 Å². The van der Waals surface area contributed by atoms with Crippen molar-refractivity contribution in [2.45, 2.75) is 6.54 Å². The maximum Gasteiger partial charge on any atom is 0.251 e. The van der Waals surface area contributed by atoms with Crippen molar-refractivity contribution in [1.82, 2.24) is 4.57 Å². The lowest BCUT2D eigenvalue weighted by Crippen LogP contribution is -2.15. The van der Waals surface area contributed by atoms with E-state index < -0.39 is 0 Å². The van der Waals surface area contributed by atoms with Crippen LogP contribution in [0.1, 0.15) is 5.56 Å². The summed E-state index contributed by atoms with van der Waals surface area (Å²) in [5, 5.41) is 0. The van der Waals surface area contributed by atoms with E-state index in [1.165, 1.54) is 12.1 Å². The Morgan fingerprint density at radius 3 is 2.47 bits per heavy atom. The van der Waals surface area contributed by atoms with Crippen LogP contribution in [0.3, 0.4) is 0 Å². The summed E-state index contributed by atoms with van der Waals surface area (Å²) in [6, 6.07) is 17.4. The molecular weight excluding hydrogens is 241 g/mol. The Morgan fingerprint density at radius 2 is 1.68 bits per heavy atom. The first-order valence-corrected chi connectivity index (χ1v) is 6.07. The number of hydrogen-bond acceptors (Lipinski definition) is 1. The molecule has 3 rings (SSSR count). The van der Waals surface area contributed by atoms with Gasteiger partial charge in [-0.15, -0.1) is 0 Å². The van der Waals surface area contributed by atoms with Gasteiger partial charge in [0.15, 0.2) is 0 Å². The largest absolute Gasteiger partial charge is 0.304 e. The lowest BCUT2D eigenvalue weighted by atomic mass is 10.2. The van der Waals surface area contributed by atoms with E-state index >= 15 is 0 Å². The minimum Gasteiger partial charge on any atom is -0.304 e. The number of halogens is 1. The first kappa shape index (κ1) is 11.7. The molecule has 1 aliphatic carbocycles. The van der Waals surface area contributed by atoms with Gasteiger partial charge in [-0.25, -0.2) is 4.39 Å². The van der Waals surface area contributed by atoms with Gasteiger partial charge in [-0.1, -0.05) is 36.4 Å². The second-order valence-corrected chi connectivity index (χ2v) is 4.45. The van der Waals surface area contributed by atoms with E-state index in [-0.39, 0.29) is 11.4 Å². The number of benzene rings is 1. The molecule has 0 saturated carbocycles. The lowest BCUT2D eigenvalue weighted by Gasteiger charge is -2.06. The minimum absolute atomic E-state index is 0.0366. The molecule has 0 spiro atoms. The molecule has 0 aromatic heterocycles. The zero-order valence-corrected chi connectivity index (χ0v) is 10.2. The van der Waals surface area contributed by atoms with Crippen LogP contribution in [0.4, 0.5) is 4.39 Å². The van der Waals surface area contributed by atoms with Crippen LogP contribution in [-0.2, 0) is 6.54 Å². The summed E-state index contributed by atoms with van der Waals surface area (Å²) < 4.78 is 14.6. The summed E-state index contributed by atoms with van der Waals surface area (Å²) in [6.07, 6.45) is 0. The Morgan fingerprint density at radius 1 is 0.947 bits per heavy atom. The van der Waals surface area contributed by atoms with Crippen molar-refractivity contribution in [3.63, 3.8) is 0 Å². The molecule has 0 unspecified atom stereocenters. The lowest BCUT2D eigenvalue weighted by molar-refractivity contribution is 0.626. The zero-order chi connectivity index (χ0) is 13.2. The molecule has 1 heterocycles. The Bertz CT molecular complexity index is 730. The van der Waals surface area contributed by atoms with Crippen LogP contribution in [0.15, 0.2) is 65.5 Å². The van der Waals surface area contributed by atoms with Gasteiger partial charge in [-0.3, -0.25) is 4.79 Å². The Hall–Kier alpha value is -2.42. The highest BCUT2D eigenvalue weighted by atomic mass is 19.1. The number of nitrogens with zero attached hydrogens (tertiary/aromatic N) is 1. The Balaban J connectivity index is 2.05. The van der Waals surface area contributed by atoms with Gasteiger partial charge in [0.05, 0.1) is 12.2 Å². The molecule has 2 nitrogen and oxygen atoms in total. The van der Waals surface area contributed by atoms with Gasteiger partial charge < -0.3 is 4.57 Å². The number of aromatic nitrogens is 1. The van der Waals surface area contributed by atoms with Crippen LogP contribution >= 0.6 is 0 Å². The van der Waals surface area contributed by atoms with E-state index in [4.69, 9.17) is 0 Å². The quantitative estimate of drug-likeness (QED) is 0.687. The van der Waals surface area contributed by atoms with Gasteiger partial charge in [-0.05, 0) is 23.8 Å². The normalized spacial score (nSPS) is 10.8. The summed E-state index contributed by atoms with van der Waals surface area (Å²) >= 11 is 0. The van der Waals surface area contributed by atoms with Crippen molar-refractivity contribution < 1.29 is 4.39 Å². The number of hydrogen-bond donors (Lipinski definition) is 0. The molecular formula is C16H12FNO. The molecule has 1 aliphatic heterocycles. The third kappa shape index (κ3) is 2.27. The topological polar surface area (TPSA) is 22.0 Å². The predicted molar refractivity (Wildman–Crippen MR) is 72.8 cm³/mol. The van der Waals surface area contributed by atoms with E-state index in [9.17, 15) is 9.18 Å². The van der Waals surface area contributed by atoms with E-state index in [1.54, 1.807) is 22.8 Å². The smallest absolute Gasteiger partial charge is 0.251 e. The summed E-state index contributed by atoms with van der Waals surface area (Å²) in [7, 11) is 0. The predicted octanol–water partition coefficient (Wildman–Crippen LogP) is 3.14. The van der Waals surface area contributed by atoms with Gasteiger partial charge in [-0.2, -0.15) is 0 Å². The van der Waals surface area contributed by atoms with Crippen LogP contribution in [0, 0.1) is 5.82 Å². The maximum atomic E-state index is 12.9.